The van der Waals surface area contributed by atoms with Crippen molar-refractivity contribution in [3.8, 4) is 5.75 Å². The summed E-state index contributed by atoms with van der Waals surface area (Å²) in [7, 11) is 0. The molecule has 5 nitrogen and oxygen atoms in total. The van der Waals surface area contributed by atoms with Crippen molar-refractivity contribution in [1.82, 2.24) is 4.90 Å². The van der Waals surface area contributed by atoms with Crippen molar-refractivity contribution < 1.29 is 19.1 Å². The molecule has 0 atom stereocenters. The van der Waals surface area contributed by atoms with Gasteiger partial charge in [-0.3, -0.25) is 14.4 Å². The van der Waals surface area contributed by atoms with Gasteiger partial charge in [-0.25, -0.2) is 0 Å². The Morgan fingerprint density at radius 2 is 1.68 bits per heavy atom. The molecule has 0 aliphatic carbocycles. The van der Waals surface area contributed by atoms with Crippen LogP contribution >= 0.6 is 0 Å². The van der Waals surface area contributed by atoms with Crippen LogP contribution in [0.1, 0.15) is 30.1 Å². The third-order valence-electron chi connectivity index (χ3n) is 2.97. The van der Waals surface area contributed by atoms with Crippen LogP contribution < -0.4 is 4.74 Å². The summed E-state index contributed by atoms with van der Waals surface area (Å²) in [5, 5.41) is 0. The van der Waals surface area contributed by atoms with Crippen molar-refractivity contribution in [2.24, 2.45) is 0 Å². The Kier molecular flexibility index (Phi) is 3.94. The highest BCUT2D eigenvalue weighted by Crippen LogP contribution is 2.16. The molecule has 1 aromatic rings. The molecule has 1 saturated heterocycles. The quantitative estimate of drug-likeness (QED) is 0.596. The lowest BCUT2D eigenvalue weighted by molar-refractivity contribution is -0.131. The first-order valence-electron chi connectivity index (χ1n) is 6.16. The van der Waals surface area contributed by atoms with E-state index in [1.54, 1.807) is 29.2 Å². The monoisotopic (exact) mass is 261 g/mol. The zero-order valence-electron chi connectivity index (χ0n) is 10.7. The summed E-state index contributed by atoms with van der Waals surface area (Å²) in [4.78, 5) is 35.7. The number of ketones is 1. The van der Waals surface area contributed by atoms with Crippen LogP contribution in [-0.2, 0) is 9.59 Å². The van der Waals surface area contributed by atoms with E-state index in [0.717, 1.165) is 0 Å². The number of likely N-dealkylation sites (tertiary alicyclic amines) is 1. The first-order valence-corrected chi connectivity index (χ1v) is 6.16. The van der Waals surface area contributed by atoms with Gasteiger partial charge in [-0.1, -0.05) is 0 Å². The summed E-state index contributed by atoms with van der Waals surface area (Å²) in [5.74, 6) is 0.127. The van der Waals surface area contributed by atoms with Crippen LogP contribution in [0.3, 0.4) is 0 Å². The van der Waals surface area contributed by atoms with E-state index in [1.165, 1.54) is 6.92 Å². The number of rotatable bonds is 2. The van der Waals surface area contributed by atoms with Gasteiger partial charge in [0.15, 0.2) is 0 Å². The summed E-state index contributed by atoms with van der Waals surface area (Å²) in [6.45, 7) is 2.27. The van der Waals surface area contributed by atoms with Crippen molar-refractivity contribution in [3.05, 3.63) is 29.8 Å². The highest BCUT2D eigenvalue weighted by Gasteiger charge is 2.21. The molecule has 0 aromatic heterocycles. The van der Waals surface area contributed by atoms with Gasteiger partial charge in [0.1, 0.15) is 11.5 Å². The lowest BCUT2D eigenvalue weighted by Gasteiger charge is -2.26. The Bertz CT molecular complexity index is 497. The minimum absolute atomic E-state index is 0.0955. The number of amides is 1. The SMILES string of the molecule is CC(=O)Oc1ccc(C(=O)N2CCC(=O)CC2)cc1. The first kappa shape index (κ1) is 13.3. The molecule has 0 saturated carbocycles. The lowest BCUT2D eigenvalue weighted by atomic mass is 10.1. The van der Waals surface area contributed by atoms with Gasteiger partial charge in [0.05, 0.1) is 0 Å². The molecule has 19 heavy (non-hydrogen) atoms. The maximum absolute atomic E-state index is 12.1. The average molecular weight is 261 g/mol. The fourth-order valence-corrected chi connectivity index (χ4v) is 1.97. The van der Waals surface area contributed by atoms with Crippen LogP contribution in [0.4, 0.5) is 0 Å². The smallest absolute Gasteiger partial charge is 0.308 e. The van der Waals surface area contributed by atoms with E-state index in [4.69, 9.17) is 4.74 Å². The number of carbonyl (C=O) groups is 3. The number of ether oxygens (including phenoxy) is 1. The second-order valence-corrected chi connectivity index (χ2v) is 4.45. The minimum atomic E-state index is -0.395. The van der Waals surface area contributed by atoms with Crippen LogP contribution in [0.15, 0.2) is 24.3 Å². The highest BCUT2D eigenvalue weighted by atomic mass is 16.5. The summed E-state index contributed by atoms with van der Waals surface area (Å²) >= 11 is 0. The van der Waals surface area contributed by atoms with Crippen molar-refractivity contribution in [2.75, 3.05) is 13.1 Å². The second-order valence-electron chi connectivity index (χ2n) is 4.45. The van der Waals surface area contributed by atoms with E-state index in [9.17, 15) is 14.4 Å². The molecule has 0 radical (unpaired) electrons. The molecule has 2 rings (SSSR count). The molecule has 0 spiro atoms. The predicted molar refractivity (Wildman–Crippen MR) is 67.9 cm³/mol. The molecule has 0 bridgehead atoms. The van der Waals surface area contributed by atoms with Crippen molar-refractivity contribution >= 4 is 17.7 Å². The standard InChI is InChI=1S/C14H15NO4/c1-10(16)19-13-4-2-11(3-5-13)14(18)15-8-6-12(17)7-9-15/h2-5H,6-9H2,1H3. The van der Waals surface area contributed by atoms with E-state index in [1.807, 2.05) is 0 Å². The zero-order valence-corrected chi connectivity index (χ0v) is 10.7. The third kappa shape index (κ3) is 3.40. The highest BCUT2D eigenvalue weighted by molar-refractivity contribution is 5.95. The number of benzene rings is 1. The van der Waals surface area contributed by atoms with Crippen molar-refractivity contribution in [3.63, 3.8) is 0 Å². The van der Waals surface area contributed by atoms with Gasteiger partial charge in [0, 0.05) is 38.4 Å². The van der Waals surface area contributed by atoms with Gasteiger partial charge in [-0.15, -0.1) is 0 Å². The van der Waals surface area contributed by atoms with Crippen molar-refractivity contribution in [1.29, 1.82) is 0 Å². The van der Waals surface area contributed by atoms with E-state index >= 15 is 0 Å². The molecule has 0 unspecified atom stereocenters. The third-order valence-corrected chi connectivity index (χ3v) is 2.97. The molecule has 1 aromatic carbocycles. The molecular formula is C14H15NO4. The fourth-order valence-electron chi connectivity index (χ4n) is 1.97. The zero-order chi connectivity index (χ0) is 13.8. The Morgan fingerprint density at radius 3 is 2.21 bits per heavy atom. The number of hydrogen-bond donors (Lipinski definition) is 0. The fraction of sp³-hybridized carbons (Fsp3) is 0.357. The second kappa shape index (κ2) is 5.65. The first-order chi connectivity index (χ1) is 9.06. The van der Waals surface area contributed by atoms with E-state index in [2.05, 4.69) is 0 Å². The maximum Gasteiger partial charge on any atom is 0.308 e. The number of carbonyl (C=O) groups excluding carboxylic acids is 3. The number of hydrogen-bond acceptors (Lipinski definition) is 4. The Labute approximate surface area is 111 Å². The molecule has 1 amide bonds. The van der Waals surface area contributed by atoms with E-state index < -0.39 is 5.97 Å². The largest absolute Gasteiger partial charge is 0.427 e. The average Bonchev–Trinajstić information content (AvgIpc) is 2.39. The Morgan fingerprint density at radius 1 is 1.11 bits per heavy atom. The Balaban J connectivity index is 2.03. The van der Waals surface area contributed by atoms with Gasteiger partial charge >= 0.3 is 5.97 Å². The predicted octanol–water partition coefficient (Wildman–Crippen LogP) is 1.42. The minimum Gasteiger partial charge on any atom is -0.427 e. The van der Waals surface area contributed by atoms with E-state index in [0.29, 0.717) is 37.2 Å². The number of piperidine rings is 1. The van der Waals surface area contributed by atoms with Gasteiger partial charge in [-0.2, -0.15) is 0 Å². The van der Waals surface area contributed by atoms with Crippen LogP contribution in [0.2, 0.25) is 0 Å². The van der Waals surface area contributed by atoms with Crippen LogP contribution in [-0.4, -0.2) is 35.6 Å². The number of esters is 1. The van der Waals surface area contributed by atoms with Gasteiger partial charge in [0.25, 0.3) is 5.91 Å². The summed E-state index contributed by atoms with van der Waals surface area (Å²) < 4.78 is 4.90. The van der Waals surface area contributed by atoms with Crippen LogP contribution in [0.5, 0.6) is 5.75 Å². The van der Waals surface area contributed by atoms with Crippen LogP contribution in [0.25, 0.3) is 0 Å². The maximum atomic E-state index is 12.1. The van der Waals surface area contributed by atoms with Gasteiger partial charge < -0.3 is 9.64 Å². The number of nitrogens with zero attached hydrogens (tertiary/aromatic N) is 1. The molecule has 100 valence electrons. The Hall–Kier alpha value is -2.17. The summed E-state index contributed by atoms with van der Waals surface area (Å²) in [6, 6.07) is 6.42. The van der Waals surface area contributed by atoms with Crippen molar-refractivity contribution in [2.45, 2.75) is 19.8 Å². The molecule has 5 heteroatoms. The summed E-state index contributed by atoms with van der Waals surface area (Å²) in [5.41, 5.74) is 0.533. The normalized spacial score (nSPS) is 15.2. The topological polar surface area (TPSA) is 63.7 Å². The lowest BCUT2D eigenvalue weighted by Crippen LogP contribution is -2.38. The van der Waals surface area contributed by atoms with Gasteiger partial charge in [0.2, 0.25) is 0 Å². The van der Waals surface area contributed by atoms with Gasteiger partial charge in [-0.05, 0) is 24.3 Å². The molecule has 1 heterocycles. The van der Waals surface area contributed by atoms with E-state index in [-0.39, 0.29) is 11.7 Å². The molecule has 1 aliphatic rings. The molecular weight excluding hydrogens is 246 g/mol. The molecule has 0 N–H and O–H groups in total. The molecule has 1 aliphatic heterocycles. The molecule has 1 fully saturated rings. The number of Topliss-reactive ketones (excluding diaryl/α,β-unsaturated/α-hetero) is 1. The summed E-state index contributed by atoms with van der Waals surface area (Å²) in [6.07, 6.45) is 0.856. The van der Waals surface area contributed by atoms with Crippen LogP contribution in [0, 0.1) is 0 Å².